The van der Waals surface area contributed by atoms with Gasteiger partial charge in [0.05, 0.1) is 6.61 Å². The first kappa shape index (κ1) is 15.8. The van der Waals surface area contributed by atoms with Crippen LogP contribution in [0.15, 0.2) is 4.79 Å². The third-order valence-corrected chi connectivity index (χ3v) is 3.96. The van der Waals surface area contributed by atoms with Gasteiger partial charge in [-0.2, -0.15) is 9.97 Å². The summed E-state index contributed by atoms with van der Waals surface area (Å²) in [5.41, 5.74) is 6.71. The molecular formula is C15H23N5O3. The molecule has 0 amide bonds. The Bertz CT molecular complexity index is 731. The van der Waals surface area contributed by atoms with Crippen LogP contribution < -0.4 is 16.2 Å². The molecule has 0 bridgehead atoms. The lowest BCUT2D eigenvalue weighted by Gasteiger charge is -2.22. The van der Waals surface area contributed by atoms with Crippen molar-refractivity contribution in [3.8, 4) is 6.01 Å². The summed E-state index contributed by atoms with van der Waals surface area (Å²) in [6.07, 6.45) is 1.88. The summed E-state index contributed by atoms with van der Waals surface area (Å²) in [4.78, 5) is 23.5. The second kappa shape index (κ2) is 6.57. The highest BCUT2D eigenvalue weighted by Gasteiger charge is 2.20. The molecule has 2 aromatic heterocycles. The minimum absolute atomic E-state index is 0.212. The average Bonchev–Trinajstić information content (AvgIpc) is 2.83. The van der Waals surface area contributed by atoms with E-state index in [9.17, 15) is 4.79 Å². The van der Waals surface area contributed by atoms with Crippen LogP contribution in [0, 0.1) is 11.8 Å². The lowest BCUT2D eigenvalue weighted by molar-refractivity contribution is 0.0613. The molecule has 2 aromatic rings. The van der Waals surface area contributed by atoms with Crippen LogP contribution in [0.25, 0.3) is 11.2 Å². The van der Waals surface area contributed by atoms with Crippen LogP contribution in [0.5, 0.6) is 6.01 Å². The second-order valence-electron chi connectivity index (χ2n) is 6.39. The largest absolute Gasteiger partial charge is 0.463 e. The van der Waals surface area contributed by atoms with Crippen molar-refractivity contribution in [3.63, 3.8) is 0 Å². The zero-order valence-electron chi connectivity index (χ0n) is 13.5. The summed E-state index contributed by atoms with van der Waals surface area (Å²) in [7, 11) is 0. The van der Waals surface area contributed by atoms with Gasteiger partial charge in [0, 0.05) is 19.8 Å². The van der Waals surface area contributed by atoms with Crippen LogP contribution in [-0.2, 0) is 11.3 Å². The van der Waals surface area contributed by atoms with E-state index in [4.69, 9.17) is 15.2 Å². The Morgan fingerprint density at radius 2 is 2.13 bits per heavy atom. The van der Waals surface area contributed by atoms with E-state index in [-0.39, 0.29) is 17.5 Å². The summed E-state index contributed by atoms with van der Waals surface area (Å²) in [6.45, 7) is 6.66. The molecule has 0 atom stereocenters. The Kier molecular flexibility index (Phi) is 4.51. The van der Waals surface area contributed by atoms with E-state index in [2.05, 4.69) is 15.0 Å². The molecule has 126 valence electrons. The van der Waals surface area contributed by atoms with Crippen molar-refractivity contribution >= 4 is 17.0 Å². The molecule has 1 fully saturated rings. The SMILES string of the molecule is CC(C)COc1nc(N)c2[nH]c(=O)n(CC3CCOCC3)c2n1. The van der Waals surface area contributed by atoms with Crippen molar-refractivity contribution in [2.45, 2.75) is 33.2 Å². The number of hydrogen-bond donors (Lipinski definition) is 2. The highest BCUT2D eigenvalue weighted by Crippen LogP contribution is 2.21. The number of nitrogens with zero attached hydrogens (tertiary/aromatic N) is 3. The number of rotatable bonds is 5. The number of nitrogens with one attached hydrogen (secondary N) is 1. The topological polar surface area (TPSA) is 108 Å². The molecule has 1 saturated heterocycles. The van der Waals surface area contributed by atoms with Gasteiger partial charge in [0.1, 0.15) is 5.52 Å². The van der Waals surface area contributed by atoms with Gasteiger partial charge in [0.15, 0.2) is 11.5 Å². The van der Waals surface area contributed by atoms with Crippen LogP contribution in [0.1, 0.15) is 26.7 Å². The van der Waals surface area contributed by atoms with Gasteiger partial charge in [-0.25, -0.2) is 4.79 Å². The highest BCUT2D eigenvalue weighted by atomic mass is 16.5. The first-order valence-electron chi connectivity index (χ1n) is 8.01. The molecule has 23 heavy (non-hydrogen) atoms. The third-order valence-electron chi connectivity index (χ3n) is 3.96. The van der Waals surface area contributed by atoms with Gasteiger partial charge in [-0.15, -0.1) is 0 Å². The first-order valence-corrected chi connectivity index (χ1v) is 8.01. The van der Waals surface area contributed by atoms with Crippen LogP contribution in [0.4, 0.5) is 5.82 Å². The summed E-state index contributed by atoms with van der Waals surface area (Å²) in [5, 5.41) is 0. The molecule has 0 aromatic carbocycles. The molecule has 8 heteroatoms. The van der Waals surface area contributed by atoms with Crippen molar-refractivity contribution in [1.29, 1.82) is 0 Å². The molecule has 0 saturated carbocycles. The number of imidazole rings is 1. The average molecular weight is 321 g/mol. The van der Waals surface area contributed by atoms with Crippen molar-refractivity contribution in [1.82, 2.24) is 19.5 Å². The normalized spacial score (nSPS) is 16.3. The number of nitrogens with two attached hydrogens (primary N) is 1. The summed E-state index contributed by atoms with van der Waals surface area (Å²) >= 11 is 0. The molecule has 0 spiro atoms. The van der Waals surface area contributed by atoms with Gasteiger partial charge < -0.3 is 20.2 Å². The van der Waals surface area contributed by atoms with Gasteiger partial charge in [-0.1, -0.05) is 13.8 Å². The second-order valence-corrected chi connectivity index (χ2v) is 6.39. The fraction of sp³-hybridized carbons (Fsp3) is 0.667. The summed E-state index contributed by atoms with van der Waals surface area (Å²) < 4.78 is 12.6. The molecule has 3 rings (SSSR count). The predicted octanol–water partition coefficient (Wildman–Crippen LogP) is 1.16. The lowest BCUT2D eigenvalue weighted by atomic mass is 10.0. The smallest absolute Gasteiger partial charge is 0.327 e. The molecule has 0 radical (unpaired) electrons. The Morgan fingerprint density at radius 1 is 1.39 bits per heavy atom. The van der Waals surface area contributed by atoms with E-state index in [1.165, 1.54) is 0 Å². The van der Waals surface area contributed by atoms with Crippen molar-refractivity contribution < 1.29 is 9.47 Å². The number of fused-ring (bicyclic) bond motifs is 1. The number of aromatic nitrogens is 4. The quantitative estimate of drug-likeness (QED) is 0.855. The van der Waals surface area contributed by atoms with E-state index >= 15 is 0 Å². The molecule has 1 aliphatic rings. The number of H-pyrrole nitrogens is 1. The van der Waals surface area contributed by atoms with Crippen LogP contribution in [0.2, 0.25) is 0 Å². The fourth-order valence-corrected chi connectivity index (χ4v) is 2.69. The molecule has 0 aliphatic carbocycles. The maximum Gasteiger partial charge on any atom is 0.327 e. The van der Waals surface area contributed by atoms with Gasteiger partial charge in [-0.3, -0.25) is 4.57 Å². The molecular weight excluding hydrogens is 298 g/mol. The van der Waals surface area contributed by atoms with Gasteiger partial charge in [0.2, 0.25) is 0 Å². The maximum atomic E-state index is 12.3. The zero-order valence-corrected chi connectivity index (χ0v) is 13.5. The third kappa shape index (κ3) is 3.47. The molecule has 0 unspecified atom stereocenters. The Labute approximate surface area is 134 Å². The Balaban J connectivity index is 1.92. The summed E-state index contributed by atoms with van der Waals surface area (Å²) in [6, 6.07) is 0.212. The molecule has 8 nitrogen and oxygen atoms in total. The van der Waals surface area contributed by atoms with Crippen molar-refractivity contribution in [2.75, 3.05) is 25.6 Å². The number of aromatic amines is 1. The van der Waals surface area contributed by atoms with E-state index in [0.717, 1.165) is 26.1 Å². The Morgan fingerprint density at radius 3 is 2.83 bits per heavy atom. The van der Waals surface area contributed by atoms with E-state index in [1.807, 2.05) is 13.8 Å². The van der Waals surface area contributed by atoms with E-state index in [0.29, 0.717) is 36.2 Å². The molecule has 3 heterocycles. The maximum absolute atomic E-state index is 12.3. The fourth-order valence-electron chi connectivity index (χ4n) is 2.69. The number of ether oxygens (including phenoxy) is 2. The zero-order chi connectivity index (χ0) is 16.4. The highest BCUT2D eigenvalue weighted by molar-refractivity contribution is 5.81. The van der Waals surface area contributed by atoms with E-state index < -0.39 is 0 Å². The van der Waals surface area contributed by atoms with Gasteiger partial charge in [0.25, 0.3) is 0 Å². The standard InChI is InChI=1S/C15H23N5O3/c1-9(2)8-23-14-18-12(16)11-13(19-14)20(15(21)17-11)7-10-3-5-22-6-4-10/h9-10H,3-8H2,1-2H3,(H,17,21)(H2,16,18,19). The summed E-state index contributed by atoms with van der Waals surface area (Å²) in [5.74, 6) is 0.986. The number of nitrogen functional groups attached to an aromatic ring is 1. The van der Waals surface area contributed by atoms with E-state index in [1.54, 1.807) is 4.57 Å². The Hall–Kier alpha value is -2.09. The van der Waals surface area contributed by atoms with Crippen LogP contribution in [-0.4, -0.2) is 39.3 Å². The van der Waals surface area contributed by atoms with Gasteiger partial charge in [-0.05, 0) is 24.7 Å². The predicted molar refractivity (Wildman–Crippen MR) is 86.4 cm³/mol. The minimum Gasteiger partial charge on any atom is -0.463 e. The first-order chi connectivity index (χ1) is 11.0. The van der Waals surface area contributed by atoms with Gasteiger partial charge >= 0.3 is 11.7 Å². The van der Waals surface area contributed by atoms with Crippen molar-refractivity contribution in [2.24, 2.45) is 11.8 Å². The van der Waals surface area contributed by atoms with Crippen LogP contribution >= 0.6 is 0 Å². The molecule has 1 aliphatic heterocycles. The van der Waals surface area contributed by atoms with Crippen LogP contribution in [0.3, 0.4) is 0 Å². The number of hydrogen-bond acceptors (Lipinski definition) is 6. The molecule has 3 N–H and O–H groups in total. The number of anilines is 1. The monoisotopic (exact) mass is 321 g/mol. The van der Waals surface area contributed by atoms with Crippen molar-refractivity contribution in [3.05, 3.63) is 10.5 Å². The lowest BCUT2D eigenvalue weighted by Crippen LogP contribution is -2.26. The minimum atomic E-state index is -0.214.